The summed E-state index contributed by atoms with van der Waals surface area (Å²) in [5.74, 6) is -0.248. The van der Waals surface area contributed by atoms with E-state index in [0.29, 0.717) is 17.1 Å². The van der Waals surface area contributed by atoms with Crippen LogP contribution in [0.5, 0.6) is 0 Å². The summed E-state index contributed by atoms with van der Waals surface area (Å²) in [6.45, 7) is 0.280. The molecule has 1 N–H and O–H groups in total. The molecule has 0 radical (unpaired) electrons. The quantitative estimate of drug-likeness (QED) is 0.922. The molecule has 2 aromatic rings. The van der Waals surface area contributed by atoms with Gasteiger partial charge in [-0.3, -0.25) is 14.5 Å². The zero-order valence-corrected chi connectivity index (χ0v) is 11.2. The van der Waals surface area contributed by atoms with Crippen molar-refractivity contribution in [3.63, 3.8) is 0 Å². The number of nitrogens with zero attached hydrogens (tertiary/aromatic N) is 1. The van der Waals surface area contributed by atoms with Crippen LogP contribution in [0.2, 0.25) is 5.02 Å². The predicted molar refractivity (Wildman–Crippen MR) is 73.7 cm³/mol. The third-order valence-corrected chi connectivity index (χ3v) is 3.34. The monoisotopic (exact) mass is 290 g/mol. The third-order valence-electron chi connectivity index (χ3n) is 3.09. The van der Waals surface area contributed by atoms with Crippen molar-refractivity contribution in [3.05, 3.63) is 52.7 Å². The SMILES string of the molecule is O=C1NCC(=O)N(Cc2ccc(Cl)cc2)c2occc21. The van der Waals surface area contributed by atoms with Gasteiger partial charge in [0.25, 0.3) is 5.91 Å². The minimum Gasteiger partial charge on any atom is -0.447 e. The van der Waals surface area contributed by atoms with E-state index in [1.54, 1.807) is 18.2 Å². The van der Waals surface area contributed by atoms with E-state index < -0.39 is 0 Å². The highest BCUT2D eigenvalue weighted by Crippen LogP contribution is 2.26. The van der Waals surface area contributed by atoms with E-state index in [1.165, 1.54) is 11.2 Å². The highest BCUT2D eigenvalue weighted by atomic mass is 35.5. The van der Waals surface area contributed by atoms with Gasteiger partial charge in [0.2, 0.25) is 11.8 Å². The highest BCUT2D eigenvalue weighted by Gasteiger charge is 2.29. The van der Waals surface area contributed by atoms with Crippen LogP contribution in [0.15, 0.2) is 41.0 Å². The zero-order valence-electron chi connectivity index (χ0n) is 10.4. The Balaban J connectivity index is 1.95. The van der Waals surface area contributed by atoms with Crippen molar-refractivity contribution in [2.24, 2.45) is 0 Å². The molecule has 102 valence electrons. The fourth-order valence-corrected chi connectivity index (χ4v) is 2.20. The number of rotatable bonds is 2. The molecule has 0 bridgehead atoms. The van der Waals surface area contributed by atoms with Crippen LogP contribution < -0.4 is 10.2 Å². The minimum absolute atomic E-state index is 0.0450. The van der Waals surface area contributed by atoms with Crippen molar-refractivity contribution in [2.75, 3.05) is 11.4 Å². The van der Waals surface area contributed by atoms with Gasteiger partial charge in [-0.15, -0.1) is 0 Å². The molecule has 0 saturated carbocycles. The van der Waals surface area contributed by atoms with Crippen LogP contribution in [0.4, 0.5) is 5.88 Å². The van der Waals surface area contributed by atoms with Crippen LogP contribution in [0.1, 0.15) is 15.9 Å². The van der Waals surface area contributed by atoms with Gasteiger partial charge in [0.05, 0.1) is 19.4 Å². The normalized spacial score (nSPS) is 14.8. The maximum atomic E-state index is 12.1. The molecule has 5 nitrogen and oxygen atoms in total. The second-order valence-electron chi connectivity index (χ2n) is 4.43. The molecule has 2 amide bonds. The van der Waals surface area contributed by atoms with Crippen molar-refractivity contribution in [1.82, 2.24) is 5.32 Å². The molecule has 0 saturated heterocycles. The van der Waals surface area contributed by atoms with Gasteiger partial charge in [-0.25, -0.2) is 0 Å². The number of anilines is 1. The van der Waals surface area contributed by atoms with Gasteiger partial charge in [-0.05, 0) is 23.8 Å². The maximum absolute atomic E-state index is 12.1. The number of furan rings is 1. The molecule has 1 aromatic carbocycles. The van der Waals surface area contributed by atoms with Gasteiger partial charge in [0, 0.05) is 5.02 Å². The van der Waals surface area contributed by atoms with E-state index >= 15 is 0 Å². The lowest BCUT2D eigenvalue weighted by Gasteiger charge is -2.18. The van der Waals surface area contributed by atoms with E-state index in [2.05, 4.69) is 5.32 Å². The van der Waals surface area contributed by atoms with E-state index in [-0.39, 0.29) is 24.2 Å². The minimum atomic E-state index is -0.305. The Morgan fingerprint density at radius 2 is 1.95 bits per heavy atom. The zero-order chi connectivity index (χ0) is 14.1. The van der Waals surface area contributed by atoms with Gasteiger partial charge in [0.1, 0.15) is 5.56 Å². The third kappa shape index (κ3) is 2.28. The Labute approximate surface area is 120 Å². The number of hydrogen-bond acceptors (Lipinski definition) is 3. The second kappa shape index (κ2) is 5.02. The summed E-state index contributed by atoms with van der Waals surface area (Å²) in [5.41, 5.74) is 1.27. The first-order valence-electron chi connectivity index (χ1n) is 6.05. The standard InChI is InChI=1S/C14H11ClN2O3/c15-10-3-1-9(2-4-10)8-17-12(18)7-16-13(19)11-5-6-20-14(11)17/h1-6H,7-8H2,(H,16,19). The Kier molecular flexibility index (Phi) is 3.20. The molecule has 20 heavy (non-hydrogen) atoms. The van der Waals surface area contributed by atoms with Crippen molar-refractivity contribution in [3.8, 4) is 0 Å². The molecule has 0 unspecified atom stereocenters. The van der Waals surface area contributed by atoms with Crippen molar-refractivity contribution in [2.45, 2.75) is 6.54 Å². The number of fused-ring (bicyclic) bond motifs is 1. The van der Waals surface area contributed by atoms with Crippen molar-refractivity contribution >= 4 is 29.3 Å². The van der Waals surface area contributed by atoms with Gasteiger partial charge >= 0.3 is 0 Å². The molecule has 1 aliphatic rings. The summed E-state index contributed by atoms with van der Waals surface area (Å²) in [7, 11) is 0. The lowest BCUT2D eigenvalue weighted by molar-refractivity contribution is -0.117. The van der Waals surface area contributed by atoms with Crippen molar-refractivity contribution in [1.29, 1.82) is 0 Å². The van der Waals surface area contributed by atoms with Crippen LogP contribution in [-0.4, -0.2) is 18.4 Å². The number of benzene rings is 1. The molecule has 3 rings (SSSR count). The molecule has 1 aromatic heterocycles. The average molecular weight is 291 g/mol. The number of hydrogen-bond donors (Lipinski definition) is 1. The van der Waals surface area contributed by atoms with Crippen LogP contribution in [0, 0.1) is 0 Å². The second-order valence-corrected chi connectivity index (χ2v) is 4.86. The molecule has 1 aliphatic heterocycles. The first kappa shape index (κ1) is 12.7. The largest absolute Gasteiger partial charge is 0.447 e. The molecule has 6 heteroatoms. The summed E-state index contributed by atoms with van der Waals surface area (Å²) in [5, 5.41) is 3.18. The van der Waals surface area contributed by atoms with E-state index in [0.717, 1.165) is 5.56 Å². The van der Waals surface area contributed by atoms with E-state index in [9.17, 15) is 9.59 Å². The first-order chi connectivity index (χ1) is 9.65. The number of carbonyl (C=O) groups is 2. The summed E-state index contributed by atoms with van der Waals surface area (Å²) in [6.07, 6.45) is 1.40. The summed E-state index contributed by atoms with van der Waals surface area (Å²) in [6, 6.07) is 8.73. The summed E-state index contributed by atoms with van der Waals surface area (Å²) in [4.78, 5) is 25.4. The van der Waals surface area contributed by atoms with E-state index in [4.69, 9.17) is 16.0 Å². The highest BCUT2D eigenvalue weighted by molar-refractivity contribution is 6.30. The van der Waals surface area contributed by atoms with Crippen LogP contribution in [0.3, 0.4) is 0 Å². The predicted octanol–water partition coefficient (Wildman–Crippen LogP) is 2.21. The average Bonchev–Trinajstić information content (AvgIpc) is 2.89. The molecular weight excluding hydrogens is 280 g/mol. The van der Waals surface area contributed by atoms with Crippen LogP contribution in [0.25, 0.3) is 0 Å². The summed E-state index contributed by atoms with van der Waals surface area (Å²) >= 11 is 5.84. The molecule has 2 heterocycles. The van der Waals surface area contributed by atoms with Crippen molar-refractivity contribution < 1.29 is 14.0 Å². The smallest absolute Gasteiger partial charge is 0.257 e. The first-order valence-corrected chi connectivity index (χ1v) is 6.43. The fourth-order valence-electron chi connectivity index (χ4n) is 2.08. The Morgan fingerprint density at radius 3 is 2.70 bits per heavy atom. The van der Waals surface area contributed by atoms with E-state index in [1.807, 2.05) is 12.1 Å². The lowest BCUT2D eigenvalue weighted by atomic mass is 10.2. The lowest BCUT2D eigenvalue weighted by Crippen LogP contribution is -2.36. The van der Waals surface area contributed by atoms with Crippen LogP contribution in [-0.2, 0) is 11.3 Å². The number of halogens is 1. The molecule has 0 atom stereocenters. The topological polar surface area (TPSA) is 62.6 Å². The molecule has 0 spiro atoms. The van der Waals surface area contributed by atoms with Crippen LogP contribution >= 0.6 is 11.6 Å². The molecule has 0 aliphatic carbocycles. The Morgan fingerprint density at radius 1 is 1.20 bits per heavy atom. The molecule has 0 fully saturated rings. The Bertz CT molecular complexity index is 663. The van der Waals surface area contributed by atoms with Gasteiger partial charge in [-0.2, -0.15) is 0 Å². The van der Waals surface area contributed by atoms with Gasteiger partial charge in [-0.1, -0.05) is 23.7 Å². The number of carbonyl (C=O) groups excluding carboxylic acids is 2. The number of nitrogens with one attached hydrogen (secondary N) is 1. The van der Waals surface area contributed by atoms with Gasteiger partial charge < -0.3 is 9.73 Å². The number of amides is 2. The molecular formula is C14H11ClN2O3. The Hall–Kier alpha value is -2.27. The summed E-state index contributed by atoms with van der Waals surface area (Å²) < 4.78 is 5.30. The van der Waals surface area contributed by atoms with Gasteiger partial charge in [0.15, 0.2) is 0 Å². The fraction of sp³-hybridized carbons (Fsp3) is 0.143. The maximum Gasteiger partial charge on any atom is 0.257 e.